The van der Waals surface area contributed by atoms with Crippen molar-refractivity contribution in [3.8, 4) is 11.3 Å². The third-order valence-electron chi connectivity index (χ3n) is 4.45. The summed E-state index contributed by atoms with van der Waals surface area (Å²) in [5.41, 5.74) is 2.28. The molecule has 3 amide bonds. The second-order valence-electron chi connectivity index (χ2n) is 6.24. The highest BCUT2D eigenvalue weighted by Crippen LogP contribution is 2.28. The van der Waals surface area contributed by atoms with E-state index in [1.165, 1.54) is 18.3 Å². The molecule has 0 aliphatic carbocycles. The Bertz CT molecular complexity index is 1080. The Hall–Kier alpha value is -2.84. The fraction of sp³-hybridized carbons (Fsp3) is 0.100. The van der Waals surface area contributed by atoms with Crippen molar-refractivity contribution >= 4 is 50.1 Å². The molecule has 3 aromatic rings. The van der Waals surface area contributed by atoms with Gasteiger partial charge in [0.2, 0.25) is 5.91 Å². The lowest BCUT2D eigenvalue weighted by Crippen LogP contribution is -2.45. The van der Waals surface area contributed by atoms with Crippen molar-refractivity contribution in [2.45, 2.75) is 13.0 Å². The van der Waals surface area contributed by atoms with Crippen molar-refractivity contribution in [3.63, 3.8) is 0 Å². The summed E-state index contributed by atoms with van der Waals surface area (Å²) in [5, 5.41) is 4.95. The molecule has 1 aliphatic heterocycles. The number of nitrogens with zero attached hydrogens (tertiary/aromatic N) is 2. The Balaban J connectivity index is 1.50. The van der Waals surface area contributed by atoms with E-state index < -0.39 is 23.8 Å². The standard InChI is InChI=1S/C20H14BrN3O3S/c1-11(24-18(26)14-7-2-3-8-15(14)19(24)27)17(25)23-20-22-16(10-28-20)12-5-4-6-13(21)9-12/h2-11H,1H3,(H,22,23,25). The van der Waals surface area contributed by atoms with Crippen LogP contribution in [-0.2, 0) is 4.79 Å². The number of carbonyl (C=O) groups excluding carboxylic acids is 3. The van der Waals surface area contributed by atoms with Crippen LogP contribution in [-0.4, -0.2) is 33.6 Å². The molecule has 28 heavy (non-hydrogen) atoms. The number of nitrogens with one attached hydrogen (secondary N) is 1. The van der Waals surface area contributed by atoms with E-state index in [9.17, 15) is 14.4 Å². The van der Waals surface area contributed by atoms with Gasteiger partial charge in [0.05, 0.1) is 16.8 Å². The smallest absolute Gasteiger partial charge is 0.262 e. The molecule has 2 heterocycles. The summed E-state index contributed by atoms with van der Waals surface area (Å²) in [5.74, 6) is -1.39. The van der Waals surface area contributed by atoms with E-state index in [2.05, 4.69) is 26.2 Å². The molecular weight excluding hydrogens is 442 g/mol. The molecule has 0 saturated carbocycles. The fourth-order valence-corrected chi connectivity index (χ4v) is 4.12. The summed E-state index contributed by atoms with van der Waals surface area (Å²) in [6, 6.07) is 13.3. The van der Waals surface area contributed by atoms with Crippen molar-refractivity contribution in [2.24, 2.45) is 0 Å². The zero-order valence-electron chi connectivity index (χ0n) is 14.7. The van der Waals surface area contributed by atoms with Crippen molar-refractivity contribution in [2.75, 3.05) is 5.32 Å². The molecule has 4 rings (SSSR count). The number of aromatic nitrogens is 1. The third-order valence-corrected chi connectivity index (χ3v) is 5.70. The highest BCUT2D eigenvalue weighted by molar-refractivity contribution is 9.10. The van der Waals surface area contributed by atoms with Crippen LogP contribution < -0.4 is 5.32 Å². The van der Waals surface area contributed by atoms with Gasteiger partial charge < -0.3 is 5.32 Å². The van der Waals surface area contributed by atoms with Crippen LogP contribution in [0.1, 0.15) is 27.6 Å². The zero-order valence-corrected chi connectivity index (χ0v) is 17.1. The minimum Gasteiger partial charge on any atom is -0.300 e. The normalized spacial score (nSPS) is 14.1. The van der Waals surface area contributed by atoms with Gasteiger partial charge in [-0.3, -0.25) is 19.3 Å². The lowest BCUT2D eigenvalue weighted by atomic mass is 10.1. The van der Waals surface area contributed by atoms with Crippen LogP contribution in [0.3, 0.4) is 0 Å². The molecule has 0 radical (unpaired) electrons. The molecular formula is C20H14BrN3O3S. The Morgan fingerprint density at radius 3 is 2.43 bits per heavy atom. The SMILES string of the molecule is CC(C(=O)Nc1nc(-c2cccc(Br)c2)cs1)N1C(=O)c2ccccc2C1=O. The van der Waals surface area contributed by atoms with Gasteiger partial charge in [-0.05, 0) is 31.2 Å². The number of hydrogen-bond donors (Lipinski definition) is 1. The number of carbonyl (C=O) groups is 3. The second kappa shape index (κ2) is 7.29. The van der Waals surface area contributed by atoms with E-state index in [1.54, 1.807) is 24.3 Å². The molecule has 0 saturated heterocycles. The van der Waals surface area contributed by atoms with E-state index >= 15 is 0 Å². The van der Waals surface area contributed by atoms with Crippen molar-refractivity contribution in [1.29, 1.82) is 0 Å². The Labute approximate surface area is 173 Å². The quantitative estimate of drug-likeness (QED) is 0.597. The summed E-state index contributed by atoms with van der Waals surface area (Å²) >= 11 is 4.70. The number of rotatable bonds is 4. The van der Waals surface area contributed by atoms with E-state index in [4.69, 9.17) is 0 Å². The number of thiazole rings is 1. The zero-order chi connectivity index (χ0) is 19.8. The highest BCUT2D eigenvalue weighted by atomic mass is 79.9. The Kier molecular flexibility index (Phi) is 4.82. The molecule has 1 atom stereocenters. The van der Waals surface area contributed by atoms with Crippen LogP contribution in [0.4, 0.5) is 5.13 Å². The Morgan fingerprint density at radius 2 is 1.79 bits per heavy atom. The van der Waals surface area contributed by atoms with Gasteiger partial charge in [0.25, 0.3) is 11.8 Å². The first-order chi connectivity index (χ1) is 13.5. The second-order valence-corrected chi connectivity index (χ2v) is 8.01. The van der Waals surface area contributed by atoms with Gasteiger partial charge in [-0.1, -0.05) is 40.2 Å². The molecule has 8 heteroatoms. The summed E-state index contributed by atoms with van der Waals surface area (Å²) in [7, 11) is 0. The lowest BCUT2D eigenvalue weighted by Gasteiger charge is -2.21. The topological polar surface area (TPSA) is 79.4 Å². The number of fused-ring (bicyclic) bond motifs is 1. The van der Waals surface area contributed by atoms with Gasteiger partial charge in [0.1, 0.15) is 6.04 Å². The maximum atomic E-state index is 12.6. The van der Waals surface area contributed by atoms with Crippen LogP contribution >= 0.6 is 27.3 Å². The van der Waals surface area contributed by atoms with Gasteiger partial charge in [0, 0.05) is 15.4 Å². The predicted octanol–water partition coefficient (Wildman–Crippen LogP) is 4.20. The van der Waals surface area contributed by atoms with Crippen molar-refractivity contribution < 1.29 is 14.4 Å². The number of benzene rings is 2. The first-order valence-electron chi connectivity index (χ1n) is 8.45. The molecule has 1 aliphatic rings. The maximum absolute atomic E-state index is 12.6. The molecule has 1 aromatic heterocycles. The summed E-state index contributed by atoms with van der Waals surface area (Å²) in [4.78, 5) is 43.1. The highest BCUT2D eigenvalue weighted by Gasteiger charge is 2.40. The largest absolute Gasteiger partial charge is 0.300 e. The first-order valence-corrected chi connectivity index (χ1v) is 10.1. The predicted molar refractivity (Wildman–Crippen MR) is 110 cm³/mol. The Morgan fingerprint density at radius 1 is 1.11 bits per heavy atom. The molecule has 6 nitrogen and oxygen atoms in total. The van der Waals surface area contributed by atoms with Gasteiger partial charge in [-0.2, -0.15) is 0 Å². The van der Waals surface area contributed by atoms with Gasteiger partial charge in [0.15, 0.2) is 5.13 Å². The molecule has 1 unspecified atom stereocenters. The molecule has 0 fully saturated rings. The van der Waals surface area contributed by atoms with E-state index in [1.807, 2.05) is 29.6 Å². The van der Waals surface area contributed by atoms with Crippen LogP contribution in [0, 0.1) is 0 Å². The lowest BCUT2D eigenvalue weighted by molar-refractivity contribution is -0.119. The van der Waals surface area contributed by atoms with Gasteiger partial charge in [-0.25, -0.2) is 4.98 Å². The number of imide groups is 1. The van der Waals surface area contributed by atoms with Crippen LogP contribution in [0.15, 0.2) is 58.4 Å². The average molecular weight is 456 g/mol. The molecule has 140 valence electrons. The summed E-state index contributed by atoms with van der Waals surface area (Å²) < 4.78 is 0.933. The number of hydrogen-bond acceptors (Lipinski definition) is 5. The molecule has 0 spiro atoms. The monoisotopic (exact) mass is 455 g/mol. The molecule has 1 N–H and O–H groups in total. The van der Waals surface area contributed by atoms with Crippen LogP contribution in [0.2, 0.25) is 0 Å². The first kappa shape index (κ1) is 18.5. The average Bonchev–Trinajstić information content (AvgIpc) is 3.25. The number of amides is 3. The van der Waals surface area contributed by atoms with E-state index in [0.717, 1.165) is 20.6 Å². The summed E-state index contributed by atoms with van der Waals surface area (Å²) in [6.07, 6.45) is 0. The summed E-state index contributed by atoms with van der Waals surface area (Å²) in [6.45, 7) is 1.53. The van der Waals surface area contributed by atoms with E-state index in [0.29, 0.717) is 16.3 Å². The van der Waals surface area contributed by atoms with E-state index in [-0.39, 0.29) is 0 Å². The fourth-order valence-electron chi connectivity index (χ4n) is 3.00. The minimum atomic E-state index is -0.953. The minimum absolute atomic E-state index is 0.318. The van der Waals surface area contributed by atoms with Crippen LogP contribution in [0.5, 0.6) is 0 Å². The molecule has 0 bridgehead atoms. The molecule has 2 aromatic carbocycles. The van der Waals surface area contributed by atoms with Gasteiger partial charge >= 0.3 is 0 Å². The maximum Gasteiger partial charge on any atom is 0.262 e. The van der Waals surface area contributed by atoms with Crippen molar-refractivity contribution in [3.05, 3.63) is 69.5 Å². The van der Waals surface area contributed by atoms with Crippen molar-refractivity contribution in [1.82, 2.24) is 9.88 Å². The number of anilines is 1. The number of halogens is 1. The van der Waals surface area contributed by atoms with Crippen LogP contribution in [0.25, 0.3) is 11.3 Å². The third kappa shape index (κ3) is 3.25. The van der Waals surface area contributed by atoms with Gasteiger partial charge in [-0.15, -0.1) is 11.3 Å².